The number of hydrogen-bond donors (Lipinski definition) is 0. The van der Waals surface area contributed by atoms with Crippen molar-refractivity contribution >= 4 is 45.7 Å². The van der Waals surface area contributed by atoms with Gasteiger partial charge in [-0.15, -0.1) is 0 Å². The average molecular weight is 302 g/mol. The Morgan fingerprint density at radius 3 is 2.56 bits per heavy atom. The maximum atomic E-state index is 11.8. The first-order chi connectivity index (χ1) is 8.43. The number of nitrogens with zero attached hydrogens (tertiary/aromatic N) is 1. The third-order valence-corrected chi connectivity index (χ3v) is 4.68. The van der Waals surface area contributed by atoms with E-state index in [9.17, 15) is 4.79 Å². The molecule has 1 atom stereocenters. The molecule has 1 rings (SSSR count). The van der Waals surface area contributed by atoms with Gasteiger partial charge in [-0.3, -0.25) is 4.79 Å². The van der Waals surface area contributed by atoms with Gasteiger partial charge in [-0.1, -0.05) is 53.8 Å². The van der Waals surface area contributed by atoms with E-state index in [1.54, 1.807) is 6.92 Å². The fraction of sp³-hybridized carbons (Fsp3) is 0.385. The zero-order valence-corrected chi connectivity index (χ0v) is 13.0. The highest BCUT2D eigenvalue weighted by Crippen LogP contribution is 2.28. The molecular weight excluding hydrogens is 286 g/mol. The van der Waals surface area contributed by atoms with Crippen molar-refractivity contribution in [3.63, 3.8) is 0 Å². The van der Waals surface area contributed by atoms with Crippen LogP contribution < -0.4 is 0 Å². The molecule has 5 heteroatoms. The van der Waals surface area contributed by atoms with Crippen molar-refractivity contribution < 1.29 is 4.79 Å². The van der Waals surface area contributed by atoms with Gasteiger partial charge in [0.25, 0.3) is 0 Å². The van der Waals surface area contributed by atoms with E-state index in [4.69, 9.17) is 23.8 Å². The van der Waals surface area contributed by atoms with E-state index in [1.807, 2.05) is 43.3 Å². The van der Waals surface area contributed by atoms with E-state index in [2.05, 4.69) is 0 Å². The molecular formula is C13H16ClNOS2. The lowest BCUT2D eigenvalue weighted by Crippen LogP contribution is -2.19. The van der Waals surface area contributed by atoms with Gasteiger partial charge in [0.2, 0.25) is 0 Å². The van der Waals surface area contributed by atoms with Gasteiger partial charge in [-0.05, 0) is 18.6 Å². The van der Waals surface area contributed by atoms with Gasteiger partial charge < -0.3 is 4.90 Å². The molecule has 0 spiro atoms. The molecule has 0 saturated carbocycles. The zero-order valence-electron chi connectivity index (χ0n) is 10.6. The predicted molar refractivity (Wildman–Crippen MR) is 83.6 cm³/mol. The third-order valence-electron chi connectivity index (χ3n) is 2.51. The summed E-state index contributed by atoms with van der Waals surface area (Å²) < 4.78 is 0.772. The number of benzene rings is 1. The highest BCUT2D eigenvalue weighted by Gasteiger charge is 2.20. The Morgan fingerprint density at radius 2 is 2.06 bits per heavy atom. The Balaban J connectivity index is 2.82. The lowest BCUT2D eigenvalue weighted by molar-refractivity contribution is -0.117. The van der Waals surface area contributed by atoms with E-state index < -0.39 is 0 Å². The lowest BCUT2D eigenvalue weighted by atomic mass is 9.97. The number of thiocarbonyl (C=S) groups is 1. The van der Waals surface area contributed by atoms with Crippen LogP contribution in [0.15, 0.2) is 24.3 Å². The summed E-state index contributed by atoms with van der Waals surface area (Å²) in [5, 5.41) is 0.633. The van der Waals surface area contributed by atoms with Crippen LogP contribution in [0.4, 0.5) is 0 Å². The molecule has 0 amide bonds. The van der Waals surface area contributed by atoms with Crippen LogP contribution in [0.3, 0.4) is 0 Å². The van der Waals surface area contributed by atoms with Gasteiger partial charge >= 0.3 is 0 Å². The lowest BCUT2D eigenvalue weighted by Gasteiger charge is -2.18. The Kier molecular flexibility index (Phi) is 6.12. The maximum Gasteiger partial charge on any atom is 0.138 e. The number of carbonyl (C=O) groups is 1. The van der Waals surface area contributed by atoms with Crippen LogP contribution in [-0.2, 0) is 4.79 Å². The number of rotatable bonds is 4. The summed E-state index contributed by atoms with van der Waals surface area (Å²) in [6.07, 6.45) is 0. The van der Waals surface area contributed by atoms with Gasteiger partial charge in [-0.2, -0.15) is 0 Å². The van der Waals surface area contributed by atoms with Crippen molar-refractivity contribution in [3.8, 4) is 0 Å². The highest BCUT2D eigenvalue weighted by atomic mass is 35.5. The number of carbonyl (C=O) groups excluding carboxylic acids is 1. The Hall–Kier alpha value is -0.580. The molecule has 0 bridgehead atoms. The topological polar surface area (TPSA) is 20.3 Å². The molecule has 1 unspecified atom stereocenters. The smallest absolute Gasteiger partial charge is 0.138 e. The van der Waals surface area contributed by atoms with Crippen LogP contribution in [0.1, 0.15) is 18.4 Å². The predicted octanol–water partition coefficient (Wildman–Crippen LogP) is 3.59. The second-order valence-electron chi connectivity index (χ2n) is 4.16. The largest absolute Gasteiger partial charge is 0.364 e. The standard InChI is InChI=1S/C13H16ClNOS2/c1-9(16)11(8-18-13(17)15(2)3)10-6-4-5-7-12(10)14/h4-7,11H,8H2,1-3H3. The summed E-state index contributed by atoms with van der Waals surface area (Å²) in [5.41, 5.74) is 0.876. The van der Waals surface area contributed by atoms with Gasteiger partial charge in [0.15, 0.2) is 0 Å². The van der Waals surface area contributed by atoms with Crippen molar-refractivity contribution in [1.82, 2.24) is 4.90 Å². The zero-order chi connectivity index (χ0) is 13.7. The normalized spacial score (nSPS) is 12.0. The quantitative estimate of drug-likeness (QED) is 0.792. The Morgan fingerprint density at radius 1 is 1.44 bits per heavy atom. The van der Waals surface area contributed by atoms with Crippen molar-refractivity contribution in [2.45, 2.75) is 12.8 Å². The molecule has 0 saturated heterocycles. The van der Waals surface area contributed by atoms with Crippen LogP contribution in [0.5, 0.6) is 0 Å². The molecule has 0 aliphatic rings. The minimum absolute atomic E-state index is 0.108. The first-order valence-corrected chi connectivity index (χ1v) is 7.29. The number of Topliss-reactive ketones (excluding diaryl/α,β-unsaturated/α-hetero) is 1. The van der Waals surface area contributed by atoms with Gasteiger partial charge in [0.05, 0.1) is 5.92 Å². The third kappa shape index (κ3) is 4.26. The molecule has 0 aliphatic carbocycles. The molecule has 2 nitrogen and oxygen atoms in total. The fourth-order valence-electron chi connectivity index (χ4n) is 1.47. The minimum atomic E-state index is -0.207. The number of hydrogen-bond acceptors (Lipinski definition) is 3. The first kappa shape index (κ1) is 15.5. The molecule has 18 heavy (non-hydrogen) atoms. The van der Waals surface area contributed by atoms with Crippen LogP contribution >= 0.6 is 35.6 Å². The molecule has 0 heterocycles. The summed E-state index contributed by atoms with van der Waals surface area (Å²) >= 11 is 12.8. The van der Waals surface area contributed by atoms with Gasteiger partial charge in [0, 0.05) is 24.9 Å². The highest BCUT2D eigenvalue weighted by molar-refractivity contribution is 8.22. The number of halogens is 1. The molecule has 0 N–H and O–H groups in total. The van der Waals surface area contributed by atoms with E-state index in [1.165, 1.54) is 11.8 Å². The van der Waals surface area contributed by atoms with Crippen molar-refractivity contribution in [3.05, 3.63) is 34.9 Å². The molecule has 1 aromatic carbocycles. The van der Waals surface area contributed by atoms with Gasteiger partial charge in [-0.25, -0.2) is 0 Å². The van der Waals surface area contributed by atoms with E-state index in [0.717, 1.165) is 9.88 Å². The number of thioether (sulfide) groups is 1. The first-order valence-electron chi connectivity index (χ1n) is 5.52. The van der Waals surface area contributed by atoms with Crippen molar-refractivity contribution in [2.24, 2.45) is 0 Å². The van der Waals surface area contributed by atoms with Crippen molar-refractivity contribution in [1.29, 1.82) is 0 Å². The van der Waals surface area contributed by atoms with Crippen LogP contribution in [0.25, 0.3) is 0 Å². The maximum absolute atomic E-state index is 11.8. The summed E-state index contributed by atoms with van der Waals surface area (Å²) in [6.45, 7) is 1.59. The summed E-state index contributed by atoms with van der Waals surface area (Å²) in [7, 11) is 3.79. The summed E-state index contributed by atoms with van der Waals surface area (Å²) in [4.78, 5) is 13.6. The molecule has 1 aromatic rings. The Labute approximate surface area is 123 Å². The average Bonchev–Trinajstić information content (AvgIpc) is 2.30. The fourth-order valence-corrected chi connectivity index (χ4v) is 2.92. The SMILES string of the molecule is CC(=O)C(CSC(=S)N(C)C)c1ccccc1Cl. The monoisotopic (exact) mass is 301 g/mol. The van der Waals surface area contributed by atoms with Crippen LogP contribution in [-0.4, -0.2) is 34.9 Å². The number of ketones is 1. The summed E-state index contributed by atoms with van der Waals surface area (Å²) in [5.74, 6) is 0.523. The molecule has 0 fully saturated rings. The molecule has 0 radical (unpaired) electrons. The molecule has 0 aromatic heterocycles. The van der Waals surface area contributed by atoms with E-state index >= 15 is 0 Å². The second-order valence-corrected chi connectivity index (χ2v) is 6.22. The molecule has 0 aliphatic heterocycles. The Bertz CT molecular complexity index is 448. The van der Waals surface area contributed by atoms with E-state index in [-0.39, 0.29) is 11.7 Å². The van der Waals surface area contributed by atoms with Gasteiger partial charge in [0.1, 0.15) is 10.1 Å². The summed E-state index contributed by atoms with van der Waals surface area (Å²) in [6, 6.07) is 7.46. The van der Waals surface area contributed by atoms with E-state index in [0.29, 0.717) is 10.8 Å². The van der Waals surface area contributed by atoms with Crippen LogP contribution in [0.2, 0.25) is 5.02 Å². The minimum Gasteiger partial charge on any atom is -0.364 e. The van der Waals surface area contributed by atoms with Crippen molar-refractivity contribution in [2.75, 3.05) is 19.8 Å². The molecule has 98 valence electrons. The van der Waals surface area contributed by atoms with Crippen LogP contribution in [0, 0.1) is 0 Å². The second kappa shape index (κ2) is 7.12.